The summed E-state index contributed by atoms with van der Waals surface area (Å²) in [4.78, 5) is 16.0. The van der Waals surface area contributed by atoms with Crippen LogP contribution >= 0.6 is 0 Å². The molecule has 2 heterocycles. The van der Waals surface area contributed by atoms with Crippen molar-refractivity contribution in [1.29, 1.82) is 0 Å². The lowest BCUT2D eigenvalue weighted by atomic mass is 9.81. The predicted octanol–water partition coefficient (Wildman–Crippen LogP) is 4.04. The number of aliphatic carboxylic acids is 1. The molecular formula is C24H27NO5. The average molecular weight is 409 g/mol. The molecule has 158 valence electrons. The topological polar surface area (TPSA) is 77.4 Å². The number of hydrogen-bond donors (Lipinski definition) is 1. The highest BCUT2D eigenvalue weighted by molar-refractivity contribution is 6.16. The Balaban J connectivity index is 1.87. The summed E-state index contributed by atoms with van der Waals surface area (Å²) in [7, 11) is 1.67. The second kappa shape index (κ2) is 7.04. The fraction of sp³-hybridized carbons (Fsp3) is 0.417. The largest absolute Gasteiger partial charge is 0.493 e. The third kappa shape index (κ3) is 3.74. The molecule has 0 bridgehead atoms. The first-order valence-electron chi connectivity index (χ1n) is 10.1. The van der Waals surface area contributed by atoms with Crippen LogP contribution in [0.5, 0.6) is 17.2 Å². The quantitative estimate of drug-likeness (QED) is 0.806. The molecule has 2 aromatic rings. The van der Waals surface area contributed by atoms with Crippen molar-refractivity contribution in [2.24, 2.45) is 4.99 Å². The van der Waals surface area contributed by atoms with E-state index in [2.05, 4.69) is 33.8 Å². The van der Waals surface area contributed by atoms with Crippen LogP contribution in [0.25, 0.3) is 0 Å². The first-order valence-corrected chi connectivity index (χ1v) is 10.1. The zero-order chi connectivity index (χ0) is 21.7. The Kier molecular flexibility index (Phi) is 4.76. The molecule has 0 amide bonds. The van der Waals surface area contributed by atoms with Crippen LogP contribution in [0.1, 0.15) is 49.9 Å². The van der Waals surface area contributed by atoms with Gasteiger partial charge in [0.15, 0.2) is 18.1 Å². The molecule has 0 unspecified atom stereocenters. The highest BCUT2D eigenvalue weighted by Gasteiger charge is 2.39. The monoisotopic (exact) mass is 409 g/mol. The van der Waals surface area contributed by atoms with E-state index in [-0.39, 0.29) is 17.7 Å². The lowest BCUT2D eigenvalue weighted by Crippen LogP contribution is -2.30. The first-order chi connectivity index (χ1) is 14.1. The predicted molar refractivity (Wildman–Crippen MR) is 114 cm³/mol. The number of methoxy groups -OCH3 is 1. The number of ether oxygens (including phenoxy) is 3. The Morgan fingerprint density at radius 3 is 2.67 bits per heavy atom. The maximum absolute atomic E-state index is 10.9. The Labute approximate surface area is 176 Å². The number of nitrogens with zero attached hydrogens (tertiary/aromatic N) is 1. The van der Waals surface area contributed by atoms with E-state index in [0.29, 0.717) is 5.75 Å². The number of fused-ring (bicyclic) bond motifs is 3. The smallest absolute Gasteiger partial charge is 0.341 e. The second-order valence-corrected chi connectivity index (χ2v) is 9.12. The minimum Gasteiger partial charge on any atom is -0.493 e. The minimum atomic E-state index is -1.01. The van der Waals surface area contributed by atoms with Gasteiger partial charge in [-0.2, -0.15) is 0 Å². The molecule has 0 aromatic heterocycles. The van der Waals surface area contributed by atoms with E-state index in [9.17, 15) is 4.79 Å². The summed E-state index contributed by atoms with van der Waals surface area (Å²) in [6.45, 7) is 7.99. The van der Waals surface area contributed by atoms with Gasteiger partial charge >= 0.3 is 5.97 Å². The van der Waals surface area contributed by atoms with Crippen LogP contribution in [0, 0.1) is 0 Å². The third-order valence-electron chi connectivity index (χ3n) is 5.37. The maximum atomic E-state index is 10.9. The summed E-state index contributed by atoms with van der Waals surface area (Å²) < 4.78 is 17.3. The Morgan fingerprint density at radius 2 is 1.97 bits per heavy atom. The van der Waals surface area contributed by atoms with Crippen molar-refractivity contribution >= 4 is 11.7 Å². The number of carbonyl (C=O) groups is 1. The molecule has 0 fully saturated rings. The van der Waals surface area contributed by atoms with E-state index in [1.807, 2.05) is 18.2 Å². The number of carboxylic acids is 1. The van der Waals surface area contributed by atoms with Crippen LogP contribution in [-0.4, -0.2) is 41.6 Å². The molecule has 0 atom stereocenters. The molecule has 0 radical (unpaired) electrons. The van der Waals surface area contributed by atoms with Gasteiger partial charge in [0.2, 0.25) is 0 Å². The van der Waals surface area contributed by atoms with Crippen LogP contribution in [0.2, 0.25) is 0 Å². The fourth-order valence-electron chi connectivity index (χ4n) is 4.31. The third-order valence-corrected chi connectivity index (χ3v) is 5.37. The van der Waals surface area contributed by atoms with E-state index in [1.165, 1.54) is 5.56 Å². The summed E-state index contributed by atoms with van der Waals surface area (Å²) in [5.74, 6) is 1.03. The summed E-state index contributed by atoms with van der Waals surface area (Å²) in [6.07, 6.45) is 1.56. The highest BCUT2D eigenvalue weighted by atomic mass is 16.5. The molecule has 0 spiro atoms. The molecule has 1 N–H and O–H groups in total. The number of rotatable bonds is 5. The lowest BCUT2D eigenvalue weighted by Gasteiger charge is -2.31. The van der Waals surface area contributed by atoms with Crippen molar-refractivity contribution < 1.29 is 24.1 Å². The van der Waals surface area contributed by atoms with Crippen molar-refractivity contribution in [2.75, 3.05) is 13.7 Å². The number of carboxylic acid groups (broad SMARTS) is 1. The standard InChI is InChI=1S/C24H27NO5/c1-23(2)11-15-10-18(28-5)22-17(12-24(3,4)30-22)20(15)21(25-23)14-7-6-8-16(9-14)29-13-19(26)27/h6-10H,11-13H2,1-5H3,(H,26,27). The van der Waals surface area contributed by atoms with E-state index in [0.717, 1.165) is 46.7 Å². The number of benzene rings is 2. The van der Waals surface area contributed by atoms with Gasteiger partial charge in [-0.25, -0.2) is 4.79 Å². The van der Waals surface area contributed by atoms with Gasteiger partial charge in [-0.1, -0.05) is 12.1 Å². The Morgan fingerprint density at radius 1 is 1.20 bits per heavy atom. The van der Waals surface area contributed by atoms with Crippen LogP contribution in [0.3, 0.4) is 0 Å². The Bertz CT molecular complexity index is 1050. The molecular weight excluding hydrogens is 382 g/mol. The average Bonchev–Trinajstić information content (AvgIpc) is 2.99. The molecule has 0 saturated carbocycles. The highest BCUT2D eigenvalue weighted by Crippen LogP contribution is 2.47. The molecule has 2 aliphatic rings. The van der Waals surface area contributed by atoms with E-state index in [4.69, 9.17) is 24.3 Å². The zero-order valence-corrected chi connectivity index (χ0v) is 18.0. The molecule has 4 rings (SSSR count). The SMILES string of the molecule is COc1cc2c(c3c1OC(C)(C)C3)C(c1cccc(OCC(=O)O)c1)=NC(C)(C)C2. The summed E-state index contributed by atoms with van der Waals surface area (Å²) in [5, 5.41) is 8.92. The van der Waals surface area contributed by atoms with Crippen molar-refractivity contribution in [2.45, 2.75) is 51.7 Å². The van der Waals surface area contributed by atoms with E-state index >= 15 is 0 Å². The molecule has 6 heteroatoms. The van der Waals surface area contributed by atoms with Crippen molar-refractivity contribution in [3.05, 3.63) is 52.6 Å². The molecule has 30 heavy (non-hydrogen) atoms. The van der Waals surface area contributed by atoms with Crippen LogP contribution < -0.4 is 14.2 Å². The van der Waals surface area contributed by atoms with Crippen molar-refractivity contribution in [1.82, 2.24) is 0 Å². The van der Waals surface area contributed by atoms with Gasteiger partial charge in [0.25, 0.3) is 0 Å². The first kappa shape index (κ1) is 20.3. The van der Waals surface area contributed by atoms with E-state index < -0.39 is 5.97 Å². The maximum Gasteiger partial charge on any atom is 0.341 e. The summed E-state index contributed by atoms with van der Waals surface area (Å²) in [6, 6.07) is 9.52. The summed E-state index contributed by atoms with van der Waals surface area (Å²) >= 11 is 0. The van der Waals surface area contributed by atoms with Gasteiger partial charge in [-0.3, -0.25) is 4.99 Å². The van der Waals surface area contributed by atoms with Crippen LogP contribution in [-0.2, 0) is 17.6 Å². The molecule has 2 aromatic carbocycles. The van der Waals surface area contributed by atoms with Gasteiger partial charge in [0, 0.05) is 23.1 Å². The molecule has 6 nitrogen and oxygen atoms in total. The lowest BCUT2D eigenvalue weighted by molar-refractivity contribution is -0.139. The van der Waals surface area contributed by atoms with Gasteiger partial charge in [0.05, 0.1) is 18.4 Å². The fourth-order valence-corrected chi connectivity index (χ4v) is 4.31. The van der Waals surface area contributed by atoms with Crippen LogP contribution in [0.4, 0.5) is 0 Å². The number of aliphatic imine (C=N–C) groups is 1. The number of hydrogen-bond acceptors (Lipinski definition) is 5. The van der Waals surface area contributed by atoms with Gasteiger partial charge < -0.3 is 19.3 Å². The minimum absolute atomic E-state index is 0.283. The molecule has 0 saturated heterocycles. The Hall–Kier alpha value is -3.02. The van der Waals surface area contributed by atoms with Gasteiger partial charge in [0.1, 0.15) is 11.4 Å². The normalized spacial score (nSPS) is 18.0. The van der Waals surface area contributed by atoms with Gasteiger partial charge in [-0.15, -0.1) is 0 Å². The molecule has 2 aliphatic heterocycles. The molecule has 0 aliphatic carbocycles. The van der Waals surface area contributed by atoms with Crippen molar-refractivity contribution in [3.8, 4) is 17.2 Å². The summed E-state index contributed by atoms with van der Waals surface area (Å²) in [5.41, 5.74) is 4.54. The van der Waals surface area contributed by atoms with Gasteiger partial charge in [-0.05, 0) is 57.9 Å². The second-order valence-electron chi connectivity index (χ2n) is 9.12. The van der Waals surface area contributed by atoms with E-state index in [1.54, 1.807) is 13.2 Å². The zero-order valence-electron chi connectivity index (χ0n) is 18.0. The van der Waals surface area contributed by atoms with Crippen LogP contribution in [0.15, 0.2) is 35.3 Å². The van der Waals surface area contributed by atoms with Crippen molar-refractivity contribution in [3.63, 3.8) is 0 Å².